The first-order valence-electron chi connectivity index (χ1n) is 6.52. The minimum Gasteiger partial charge on any atom is -0.497 e. The molecule has 2 N–H and O–H groups in total. The summed E-state index contributed by atoms with van der Waals surface area (Å²) in [6.07, 6.45) is 2.19. The van der Waals surface area contributed by atoms with Crippen molar-refractivity contribution in [2.45, 2.75) is 31.9 Å². The Kier molecular flexibility index (Phi) is 4.63. The summed E-state index contributed by atoms with van der Waals surface area (Å²) in [5.74, 6) is 0.713. The standard InChI is InChI=1S/C14H20N2O3/c1-10(13-7-4-8-19-13)15-14(17)16-11-5-3-6-12(9-11)18-2/h3,5-6,9-10,13H,4,7-8H2,1-2H3,(H2,15,16,17). The molecule has 0 radical (unpaired) electrons. The Morgan fingerprint density at radius 2 is 2.37 bits per heavy atom. The predicted molar refractivity (Wildman–Crippen MR) is 73.6 cm³/mol. The molecule has 19 heavy (non-hydrogen) atoms. The molecule has 1 saturated heterocycles. The fourth-order valence-electron chi connectivity index (χ4n) is 2.16. The third-order valence-electron chi connectivity index (χ3n) is 3.21. The summed E-state index contributed by atoms with van der Waals surface area (Å²) in [5.41, 5.74) is 0.705. The molecular formula is C14H20N2O3. The second-order valence-corrected chi connectivity index (χ2v) is 4.67. The second-order valence-electron chi connectivity index (χ2n) is 4.67. The molecule has 0 saturated carbocycles. The van der Waals surface area contributed by atoms with E-state index in [0.717, 1.165) is 19.4 Å². The van der Waals surface area contributed by atoms with E-state index in [-0.39, 0.29) is 18.2 Å². The Labute approximate surface area is 113 Å². The van der Waals surface area contributed by atoms with E-state index in [2.05, 4.69) is 10.6 Å². The van der Waals surface area contributed by atoms with Gasteiger partial charge in [-0.05, 0) is 31.9 Å². The van der Waals surface area contributed by atoms with Gasteiger partial charge in [-0.1, -0.05) is 6.07 Å². The predicted octanol–water partition coefficient (Wildman–Crippen LogP) is 2.38. The summed E-state index contributed by atoms with van der Waals surface area (Å²) in [6.45, 7) is 2.75. The minimum atomic E-state index is -0.226. The van der Waals surface area contributed by atoms with Crippen LogP contribution in [0.15, 0.2) is 24.3 Å². The number of hydrogen-bond acceptors (Lipinski definition) is 3. The Balaban J connectivity index is 1.86. The van der Waals surface area contributed by atoms with Crippen molar-refractivity contribution < 1.29 is 14.3 Å². The van der Waals surface area contributed by atoms with E-state index in [1.54, 1.807) is 13.2 Å². The first kappa shape index (κ1) is 13.7. The average molecular weight is 264 g/mol. The van der Waals surface area contributed by atoms with Crippen LogP contribution in [0.3, 0.4) is 0 Å². The van der Waals surface area contributed by atoms with Crippen LogP contribution in [0.5, 0.6) is 5.75 Å². The van der Waals surface area contributed by atoms with Crippen LogP contribution in [-0.4, -0.2) is 31.9 Å². The lowest BCUT2D eigenvalue weighted by atomic mass is 10.1. The molecule has 0 bridgehead atoms. The fraction of sp³-hybridized carbons (Fsp3) is 0.500. The van der Waals surface area contributed by atoms with E-state index >= 15 is 0 Å². The maximum atomic E-state index is 11.9. The van der Waals surface area contributed by atoms with Crippen LogP contribution < -0.4 is 15.4 Å². The van der Waals surface area contributed by atoms with E-state index in [1.165, 1.54) is 0 Å². The van der Waals surface area contributed by atoms with Crippen LogP contribution in [0.4, 0.5) is 10.5 Å². The largest absolute Gasteiger partial charge is 0.497 e. The van der Waals surface area contributed by atoms with Gasteiger partial charge in [0, 0.05) is 18.4 Å². The van der Waals surface area contributed by atoms with E-state index in [0.29, 0.717) is 11.4 Å². The molecule has 5 heteroatoms. The Hall–Kier alpha value is -1.75. The number of methoxy groups -OCH3 is 1. The van der Waals surface area contributed by atoms with Gasteiger partial charge in [-0.2, -0.15) is 0 Å². The van der Waals surface area contributed by atoms with Gasteiger partial charge in [0.05, 0.1) is 19.3 Å². The molecule has 2 amide bonds. The lowest BCUT2D eigenvalue weighted by molar-refractivity contribution is 0.0868. The smallest absolute Gasteiger partial charge is 0.319 e. The molecule has 1 aromatic rings. The minimum absolute atomic E-state index is 0.00751. The van der Waals surface area contributed by atoms with Crippen LogP contribution in [0.2, 0.25) is 0 Å². The van der Waals surface area contributed by atoms with E-state index < -0.39 is 0 Å². The van der Waals surface area contributed by atoms with Gasteiger partial charge in [0.15, 0.2) is 0 Å². The quantitative estimate of drug-likeness (QED) is 0.877. The maximum absolute atomic E-state index is 11.9. The lowest BCUT2D eigenvalue weighted by Gasteiger charge is -2.20. The number of anilines is 1. The number of rotatable bonds is 4. The van der Waals surface area contributed by atoms with E-state index in [4.69, 9.17) is 9.47 Å². The summed E-state index contributed by atoms with van der Waals surface area (Å²) in [7, 11) is 1.60. The van der Waals surface area contributed by atoms with Crippen molar-refractivity contribution in [1.82, 2.24) is 5.32 Å². The van der Waals surface area contributed by atoms with Crippen LogP contribution in [0, 0.1) is 0 Å². The van der Waals surface area contributed by atoms with Crippen molar-refractivity contribution in [3.63, 3.8) is 0 Å². The molecule has 1 aliphatic heterocycles. The fourth-order valence-corrected chi connectivity index (χ4v) is 2.16. The number of ether oxygens (including phenoxy) is 2. The van der Waals surface area contributed by atoms with Gasteiger partial charge in [-0.25, -0.2) is 4.79 Å². The monoisotopic (exact) mass is 264 g/mol. The number of amides is 2. The zero-order chi connectivity index (χ0) is 13.7. The maximum Gasteiger partial charge on any atom is 0.319 e. The highest BCUT2D eigenvalue weighted by molar-refractivity contribution is 5.89. The van der Waals surface area contributed by atoms with Crippen LogP contribution in [0.25, 0.3) is 0 Å². The molecule has 0 aliphatic carbocycles. The van der Waals surface area contributed by atoms with Gasteiger partial charge < -0.3 is 20.1 Å². The van der Waals surface area contributed by atoms with Gasteiger partial charge in [0.2, 0.25) is 0 Å². The number of carbonyl (C=O) groups is 1. The van der Waals surface area contributed by atoms with Crippen molar-refractivity contribution in [3.8, 4) is 5.75 Å². The van der Waals surface area contributed by atoms with Crippen molar-refractivity contribution in [1.29, 1.82) is 0 Å². The Bertz CT molecular complexity index is 430. The van der Waals surface area contributed by atoms with E-state index in [9.17, 15) is 4.79 Å². The number of benzene rings is 1. The molecular weight excluding hydrogens is 244 g/mol. The number of hydrogen-bond donors (Lipinski definition) is 2. The molecule has 2 unspecified atom stereocenters. The molecule has 2 rings (SSSR count). The molecule has 0 aromatic heterocycles. The molecule has 1 heterocycles. The van der Waals surface area contributed by atoms with Gasteiger partial charge >= 0.3 is 6.03 Å². The summed E-state index contributed by atoms with van der Waals surface area (Å²) in [4.78, 5) is 11.9. The van der Waals surface area contributed by atoms with Crippen molar-refractivity contribution >= 4 is 11.7 Å². The lowest BCUT2D eigenvalue weighted by Crippen LogP contribution is -2.42. The summed E-state index contributed by atoms with van der Waals surface area (Å²) in [6, 6.07) is 7.04. The summed E-state index contributed by atoms with van der Waals surface area (Å²) in [5, 5.41) is 5.68. The van der Waals surface area contributed by atoms with Crippen LogP contribution in [0.1, 0.15) is 19.8 Å². The SMILES string of the molecule is COc1cccc(NC(=O)NC(C)C2CCCO2)c1. The zero-order valence-corrected chi connectivity index (χ0v) is 11.3. The molecule has 0 spiro atoms. The van der Waals surface area contributed by atoms with E-state index in [1.807, 2.05) is 25.1 Å². The number of nitrogens with one attached hydrogen (secondary N) is 2. The highest BCUT2D eigenvalue weighted by atomic mass is 16.5. The Morgan fingerprint density at radius 1 is 1.53 bits per heavy atom. The Morgan fingerprint density at radius 3 is 3.05 bits per heavy atom. The molecule has 1 aromatic carbocycles. The molecule has 2 atom stereocenters. The molecule has 104 valence electrons. The highest BCUT2D eigenvalue weighted by Crippen LogP contribution is 2.17. The van der Waals surface area contributed by atoms with Gasteiger partial charge in [0.25, 0.3) is 0 Å². The normalized spacial score (nSPS) is 19.8. The zero-order valence-electron chi connectivity index (χ0n) is 11.3. The second kappa shape index (κ2) is 6.43. The number of carbonyl (C=O) groups excluding carboxylic acids is 1. The third kappa shape index (κ3) is 3.86. The number of urea groups is 1. The third-order valence-corrected chi connectivity index (χ3v) is 3.21. The molecule has 5 nitrogen and oxygen atoms in total. The van der Waals surface area contributed by atoms with Gasteiger partial charge in [-0.3, -0.25) is 0 Å². The average Bonchev–Trinajstić information content (AvgIpc) is 2.92. The van der Waals surface area contributed by atoms with Crippen LogP contribution >= 0.6 is 0 Å². The van der Waals surface area contributed by atoms with Gasteiger partial charge in [0.1, 0.15) is 5.75 Å². The molecule has 1 fully saturated rings. The van der Waals surface area contributed by atoms with Crippen molar-refractivity contribution in [2.24, 2.45) is 0 Å². The summed E-state index contributed by atoms with van der Waals surface area (Å²) < 4.78 is 10.6. The highest BCUT2D eigenvalue weighted by Gasteiger charge is 2.23. The molecule has 1 aliphatic rings. The summed E-state index contributed by atoms with van der Waals surface area (Å²) >= 11 is 0. The van der Waals surface area contributed by atoms with Crippen molar-refractivity contribution in [2.75, 3.05) is 19.0 Å². The van der Waals surface area contributed by atoms with Crippen molar-refractivity contribution in [3.05, 3.63) is 24.3 Å². The van der Waals surface area contributed by atoms with Crippen LogP contribution in [-0.2, 0) is 4.74 Å². The first-order valence-corrected chi connectivity index (χ1v) is 6.52. The van der Waals surface area contributed by atoms with Gasteiger partial charge in [-0.15, -0.1) is 0 Å². The topological polar surface area (TPSA) is 59.6 Å². The first-order chi connectivity index (χ1) is 9.19.